The van der Waals surface area contributed by atoms with Crippen LogP contribution < -0.4 is 0 Å². The largest absolute Gasteiger partial charge is 0.457 e. The van der Waals surface area contributed by atoms with E-state index in [1.165, 1.54) is 0 Å². The van der Waals surface area contributed by atoms with Gasteiger partial charge in [-0.25, -0.2) is 0 Å². The lowest BCUT2D eigenvalue weighted by Gasteiger charge is -2.28. The lowest BCUT2D eigenvalue weighted by atomic mass is 9.79. The minimum atomic E-state index is -0.585. The van der Waals surface area contributed by atoms with Crippen LogP contribution in [0, 0.1) is 11.3 Å². The van der Waals surface area contributed by atoms with Gasteiger partial charge in [0.25, 0.3) is 0 Å². The number of benzene rings is 1. The van der Waals surface area contributed by atoms with E-state index >= 15 is 0 Å². The highest BCUT2D eigenvalue weighted by Gasteiger charge is 2.25. The first-order valence-corrected chi connectivity index (χ1v) is 7.03. The van der Waals surface area contributed by atoms with Crippen molar-refractivity contribution in [3.63, 3.8) is 0 Å². The average Bonchev–Trinajstić information content (AvgIpc) is 2.73. The number of para-hydroxylation sites is 1. The molecule has 2 rings (SSSR count). The quantitative estimate of drug-likeness (QED) is 0.839. The van der Waals surface area contributed by atoms with Gasteiger partial charge < -0.3 is 9.52 Å². The Morgan fingerprint density at radius 2 is 2.00 bits per heavy atom. The van der Waals surface area contributed by atoms with Crippen LogP contribution in [0.2, 0.25) is 5.02 Å². The first-order valence-electron chi connectivity index (χ1n) is 6.65. The van der Waals surface area contributed by atoms with E-state index in [1.807, 2.05) is 18.2 Å². The van der Waals surface area contributed by atoms with Crippen LogP contribution in [0.25, 0.3) is 11.0 Å². The van der Waals surface area contributed by atoms with Crippen molar-refractivity contribution in [3.8, 4) is 0 Å². The highest BCUT2D eigenvalue weighted by atomic mass is 35.5. The van der Waals surface area contributed by atoms with E-state index in [-0.39, 0.29) is 5.41 Å². The summed E-state index contributed by atoms with van der Waals surface area (Å²) in [6.45, 7) is 8.69. The molecule has 1 aromatic heterocycles. The topological polar surface area (TPSA) is 33.4 Å². The molecule has 2 nitrogen and oxygen atoms in total. The van der Waals surface area contributed by atoms with Crippen LogP contribution in [0.3, 0.4) is 0 Å². The Morgan fingerprint density at radius 3 is 2.58 bits per heavy atom. The number of fused-ring (bicyclic) bond motifs is 1. The van der Waals surface area contributed by atoms with E-state index in [1.54, 1.807) is 6.07 Å². The second-order valence-corrected chi connectivity index (χ2v) is 6.73. The molecule has 1 heterocycles. The van der Waals surface area contributed by atoms with Gasteiger partial charge in [-0.15, -0.1) is 0 Å². The summed E-state index contributed by atoms with van der Waals surface area (Å²) in [5.41, 5.74) is 0.826. The minimum Gasteiger partial charge on any atom is -0.457 e. The smallest absolute Gasteiger partial charge is 0.152 e. The predicted octanol–water partition coefficient (Wildman–Crippen LogP) is 5.19. The van der Waals surface area contributed by atoms with Gasteiger partial charge in [-0.05, 0) is 29.9 Å². The Hall–Kier alpha value is -0.990. The van der Waals surface area contributed by atoms with E-state index in [9.17, 15) is 5.11 Å². The zero-order valence-corrected chi connectivity index (χ0v) is 12.7. The van der Waals surface area contributed by atoms with E-state index in [2.05, 4.69) is 27.7 Å². The molecule has 1 aromatic carbocycles. The third-order valence-corrected chi connectivity index (χ3v) is 4.20. The second-order valence-electron chi connectivity index (χ2n) is 6.33. The molecule has 0 aliphatic heterocycles. The van der Waals surface area contributed by atoms with Crippen molar-refractivity contribution in [1.29, 1.82) is 0 Å². The number of aliphatic hydroxyl groups excluding tert-OH is 1. The zero-order chi connectivity index (χ0) is 14.2. The number of hydrogen-bond acceptors (Lipinski definition) is 2. The molecule has 19 heavy (non-hydrogen) atoms. The van der Waals surface area contributed by atoms with Gasteiger partial charge in [0.15, 0.2) is 5.58 Å². The molecule has 2 aromatic rings. The first-order chi connectivity index (χ1) is 8.79. The summed E-state index contributed by atoms with van der Waals surface area (Å²) in [6, 6.07) is 7.49. The fourth-order valence-corrected chi connectivity index (χ4v) is 2.24. The number of hydrogen-bond donors (Lipinski definition) is 1. The van der Waals surface area contributed by atoms with Gasteiger partial charge in [0.1, 0.15) is 11.9 Å². The van der Waals surface area contributed by atoms with Crippen molar-refractivity contribution >= 4 is 22.6 Å². The molecule has 0 bridgehead atoms. The first kappa shape index (κ1) is 14.4. The van der Waals surface area contributed by atoms with Crippen LogP contribution in [0.4, 0.5) is 0 Å². The van der Waals surface area contributed by atoms with Gasteiger partial charge in [-0.3, -0.25) is 0 Å². The van der Waals surface area contributed by atoms with Crippen LogP contribution >= 0.6 is 11.6 Å². The van der Waals surface area contributed by atoms with Gasteiger partial charge in [-0.1, -0.05) is 51.4 Å². The Balaban J connectivity index is 2.22. The molecule has 104 valence electrons. The highest BCUT2D eigenvalue weighted by Crippen LogP contribution is 2.36. The fraction of sp³-hybridized carbons (Fsp3) is 0.500. The van der Waals surface area contributed by atoms with Crippen LogP contribution in [0.15, 0.2) is 28.7 Å². The molecule has 0 saturated heterocycles. The molecule has 0 saturated carbocycles. The molecule has 2 atom stereocenters. The molecule has 0 fully saturated rings. The summed E-state index contributed by atoms with van der Waals surface area (Å²) in [6.07, 6.45) is 0.0960. The van der Waals surface area contributed by atoms with Gasteiger partial charge in [-0.2, -0.15) is 0 Å². The van der Waals surface area contributed by atoms with Crippen molar-refractivity contribution in [2.24, 2.45) is 11.3 Å². The van der Waals surface area contributed by atoms with Crippen molar-refractivity contribution in [3.05, 3.63) is 35.0 Å². The Bertz CT molecular complexity index is 566. The molecule has 2 unspecified atom stereocenters. The summed E-state index contributed by atoms with van der Waals surface area (Å²) in [5.74, 6) is 0.991. The maximum atomic E-state index is 10.3. The zero-order valence-electron chi connectivity index (χ0n) is 11.9. The van der Waals surface area contributed by atoms with Crippen molar-refractivity contribution in [2.75, 3.05) is 0 Å². The number of rotatable bonds is 3. The van der Waals surface area contributed by atoms with Crippen LogP contribution in [0.1, 0.15) is 46.0 Å². The normalized spacial score (nSPS) is 15.7. The maximum absolute atomic E-state index is 10.3. The number of furan rings is 1. The molecule has 0 aliphatic rings. The van der Waals surface area contributed by atoms with Crippen molar-refractivity contribution < 1.29 is 9.52 Å². The number of halogens is 1. The summed E-state index contributed by atoms with van der Waals surface area (Å²) in [7, 11) is 0. The summed E-state index contributed by atoms with van der Waals surface area (Å²) in [5, 5.41) is 11.8. The third-order valence-electron chi connectivity index (χ3n) is 3.90. The lowest BCUT2D eigenvalue weighted by molar-refractivity contribution is 0.0940. The third kappa shape index (κ3) is 3.13. The molecular formula is C16H21ClO2. The van der Waals surface area contributed by atoms with E-state index < -0.39 is 6.10 Å². The van der Waals surface area contributed by atoms with Crippen molar-refractivity contribution in [2.45, 2.75) is 40.2 Å². The van der Waals surface area contributed by atoms with E-state index in [4.69, 9.17) is 16.0 Å². The van der Waals surface area contributed by atoms with Crippen molar-refractivity contribution in [1.82, 2.24) is 0 Å². The minimum absolute atomic E-state index is 0.171. The molecular weight excluding hydrogens is 260 g/mol. The standard InChI is InChI=1S/C16H21ClO2/c1-10(16(2,3)4)8-13(18)14-9-11-6-5-7-12(17)15(11)19-14/h5-7,9-10,13,18H,8H2,1-4H3. The van der Waals surface area contributed by atoms with E-state index in [0.717, 1.165) is 5.39 Å². The summed E-state index contributed by atoms with van der Waals surface area (Å²) < 4.78 is 5.69. The monoisotopic (exact) mass is 280 g/mol. The molecule has 1 N–H and O–H groups in total. The Kier molecular flexibility index (Phi) is 3.93. The number of aliphatic hydroxyl groups is 1. The van der Waals surface area contributed by atoms with Gasteiger partial charge in [0.05, 0.1) is 5.02 Å². The van der Waals surface area contributed by atoms with Crippen LogP contribution in [0.5, 0.6) is 0 Å². The summed E-state index contributed by atoms with van der Waals surface area (Å²) in [4.78, 5) is 0. The van der Waals surface area contributed by atoms with Gasteiger partial charge >= 0.3 is 0 Å². The van der Waals surface area contributed by atoms with Crippen LogP contribution in [-0.4, -0.2) is 5.11 Å². The molecule has 0 aliphatic carbocycles. The Labute approximate surface area is 119 Å². The SMILES string of the molecule is CC(CC(O)c1cc2cccc(Cl)c2o1)C(C)(C)C. The summed E-state index contributed by atoms with van der Waals surface area (Å²) >= 11 is 6.08. The lowest BCUT2D eigenvalue weighted by Crippen LogP contribution is -2.19. The fourth-order valence-electron chi connectivity index (χ4n) is 2.02. The molecule has 0 amide bonds. The van der Waals surface area contributed by atoms with Gasteiger partial charge in [0.2, 0.25) is 0 Å². The van der Waals surface area contributed by atoms with E-state index in [0.29, 0.717) is 28.7 Å². The highest BCUT2D eigenvalue weighted by molar-refractivity contribution is 6.34. The molecule has 0 spiro atoms. The van der Waals surface area contributed by atoms with Crippen LogP contribution in [-0.2, 0) is 0 Å². The Morgan fingerprint density at radius 1 is 1.32 bits per heavy atom. The average molecular weight is 281 g/mol. The predicted molar refractivity (Wildman–Crippen MR) is 79.4 cm³/mol. The second kappa shape index (κ2) is 5.18. The van der Waals surface area contributed by atoms with Gasteiger partial charge in [0, 0.05) is 5.39 Å². The molecule has 3 heteroatoms. The molecule has 0 radical (unpaired) electrons. The maximum Gasteiger partial charge on any atom is 0.152 e.